The predicted molar refractivity (Wildman–Crippen MR) is 93.7 cm³/mol. The van der Waals surface area contributed by atoms with Gasteiger partial charge in [0.1, 0.15) is 0 Å². The van der Waals surface area contributed by atoms with Crippen molar-refractivity contribution in [3.8, 4) is 0 Å². The lowest BCUT2D eigenvalue weighted by Crippen LogP contribution is -2.43. The Morgan fingerprint density at radius 2 is 2.09 bits per heavy atom. The minimum absolute atomic E-state index is 0. The third-order valence-corrected chi connectivity index (χ3v) is 5.43. The van der Waals surface area contributed by atoms with Crippen LogP contribution in [0.2, 0.25) is 0 Å². The van der Waals surface area contributed by atoms with Gasteiger partial charge >= 0.3 is 0 Å². The van der Waals surface area contributed by atoms with Gasteiger partial charge in [0, 0.05) is 38.3 Å². The summed E-state index contributed by atoms with van der Waals surface area (Å²) >= 11 is 0. The van der Waals surface area contributed by atoms with Gasteiger partial charge in [0.15, 0.2) is 0 Å². The van der Waals surface area contributed by atoms with Gasteiger partial charge in [0.2, 0.25) is 5.91 Å². The minimum atomic E-state index is 0. The van der Waals surface area contributed by atoms with Crippen LogP contribution in [0.1, 0.15) is 50.5 Å². The van der Waals surface area contributed by atoms with Crippen molar-refractivity contribution in [3.63, 3.8) is 0 Å². The first-order valence-electron chi connectivity index (χ1n) is 8.65. The number of nitrogens with one attached hydrogen (secondary N) is 2. The number of carbonyl (C=O) groups excluding carboxylic acids is 1. The van der Waals surface area contributed by atoms with Gasteiger partial charge in [-0.25, -0.2) is 0 Å². The Kier molecular flexibility index (Phi) is 6.48. The van der Waals surface area contributed by atoms with Crippen molar-refractivity contribution >= 4 is 18.3 Å². The van der Waals surface area contributed by atoms with Gasteiger partial charge in [-0.1, -0.05) is 19.3 Å². The molecule has 3 rings (SSSR count). The van der Waals surface area contributed by atoms with Gasteiger partial charge in [-0.2, -0.15) is 5.10 Å². The summed E-state index contributed by atoms with van der Waals surface area (Å²) < 4.78 is 1.81. The lowest BCUT2D eigenvalue weighted by molar-refractivity contribution is -0.125. The van der Waals surface area contributed by atoms with Crippen LogP contribution in [0.3, 0.4) is 0 Å². The molecule has 1 aromatic rings. The molecule has 2 heterocycles. The van der Waals surface area contributed by atoms with E-state index >= 15 is 0 Å². The molecular formula is C17H29ClN4O. The predicted octanol–water partition coefficient (Wildman–Crippen LogP) is 2.23. The molecule has 3 atom stereocenters. The lowest BCUT2D eigenvalue weighted by Gasteiger charge is -2.29. The fourth-order valence-electron chi connectivity index (χ4n) is 4.02. The van der Waals surface area contributed by atoms with Gasteiger partial charge in [-0.15, -0.1) is 12.4 Å². The van der Waals surface area contributed by atoms with E-state index in [4.69, 9.17) is 0 Å². The largest absolute Gasteiger partial charge is 0.353 e. The third kappa shape index (κ3) is 4.27. The van der Waals surface area contributed by atoms with Crippen LogP contribution in [0.25, 0.3) is 0 Å². The van der Waals surface area contributed by atoms with Crippen LogP contribution in [0.5, 0.6) is 0 Å². The topological polar surface area (TPSA) is 59.0 Å². The summed E-state index contributed by atoms with van der Waals surface area (Å²) in [4.78, 5) is 12.7. The van der Waals surface area contributed by atoms with Crippen molar-refractivity contribution in [3.05, 3.63) is 18.0 Å². The van der Waals surface area contributed by atoms with Crippen molar-refractivity contribution in [2.24, 2.45) is 18.9 Å². The van der Waals surface area contributed by atoms with E-state index in [1.54, 1.807) is 0 Å². The smallest absolute Gasteiger partial charge is 0.225 e. The average Bonchev–Trinajstić information content (AvgIpc) is 3.16. The normalized spacial score (nSPS) is 26.5. The molecule has 1 aliphatic carbocycles. The van der Waals surface area contributed by atoms with Crippen LogP contribution in [0.4, 0.5) is 0 Å². The minimum Gasteiger partial charge on any atom is -0.353 e. The van der Waals surface area contributed by atoms with Gasteiger partial charge in [-0.3, -0.25) is 9.48 Å². The van der Waals surface area contributed by atoms with E-state index in [2.05, 4.69) is 22.7 Å². The zero-order valence-corrected chi connectivity index (χ0v) is 14.9. The summed E-state index contributed by atoms with van der Waals surface area (Å²) in [6, 6.07) is 0.294. The molecule has 5 nitrogen and oxygen atoms in total. The molecule has 0 spiro atoms. The molecule has 1 unspecified atom stereocenters. The number of halogens is 1. The average molecular weight is 341 g/mol. The maximum atomic E-state index is 12.7. The Morgan fingerprint density at radius 1 is 1.35 bits per heavy atom. The number of amides is 1. The van der Waals surface area contributed by atoms with E-state index in [-0.39, 0.29) is 30.2 Å². The molecule has 2 N–H and O–H groups in total. The maximum Gasteiger partial charge on any atom is 0.225 e. The van der Waals surface area contributed by atoms with Crippen molar-refractivity contribution in [2.75, 3.05) is 13.1 Å². The second-order valence-corrected chi connectivity index (χ2v) is 7.01. The van der Waals surface area contributed by atoms with E-state index < -0.39 is 0 Å². The second kappa shape index (κ2) is 8.15. The van der Waals surface area contributed by atoms with Gasteiger partial charge < -0.3 is 10.6 Å². The summed E-state index contributed by atoms with van der Waals surface area (Å²) in [5, 5.41) is 10.9. The van der Waals surface area contributed by atoms with Crippen LogP contribution in [-0.2, 0) is 11.8 Å². The number of hydrogen-bond donors (Lipinski definition) is 2. The summed E-state index contributed by atoms with van der Waals surface area (Å²) in [6.45, 7) is 3.81. The zero-order valence-electron chi connectivity index (χ0n) is 14.1. The van der Waals surface area contributed by atoms with E-state index in [0.717, 1.165) is 18.7 Å². The number of carbonyl (C=O) groups is 1. The van der Waals surface area contributed by atoms with Crippen molar-refractivity contribution in [1.82, 2.24) is 20.4 Å². The SMILES string of the molecule is CC(NC(=O)[C@H]1CNC[C@@H]1c1cnn(C)c1)C1CCCCC1.Cl. The highest BCUT2D eigenvalue weighted by Crippen LogP contribution is 2.30. The first-order valence-corrected chi connectivity index (χ1v) is 8.65. The number of hydrogen-bond acceptors (Lipinski definition) is 3. The Morgan fingerprint density at radius 3 is 2.74 bits per heavy atom. The maximum absolute atomic E-state index is 12.7. The molecule has 1 aliphatic heterocycles. The molecule has 1 amide bonds. The molecule has 0 aromatic carbocycles. The Hall–Kier alpha value is -1.07. The molecule has 0 radical (unpaired) electrons. The van der Waals surface area contributed by atoms with Crippen molar-refractivity contribution < 1.29 is 4.79 Å². The first kappa shape index (κ1) is 18.3. The highest BCUT2D eigenvalue weighted by molar-refractivity contribution is 5.85. The van der Waals surface area contributed by atoms with Gasteiger partial charge in [-0.05, 0) is 31.2 Å². The van der Waals surface area contributed by atoms with Crippen LogP contribution in [-0.4, -0.2) is 34.8 Å². The number of aromatic nitrogens is 2. The first-order chi connectivity index (χ1) is 10.6. The quantitative estimate of drug-likeness (QED) is 0.883. The molecule has 2 fully saturated rings. The van der Waals surface area contributed by atoms with E-state index in [1.807, 2.05) is 24.1 Å². The Bertz CT molecular complexity index is 512. The van der Waals surface area contributed by atoms with Crippen molar-refractivity contribution in [1.29, 1.82) is 0 Å². The van der Waals surface area contributed by atoms with Gasteiger partial charge in [0.05, 0.1) is 12.1 Å². The summed E-state index contributed by atoms with van der Waals surface area (Å²) in [7, 11) is 1.92. The molecule has 23 heavy (non-hydrogen) atoms. The molecule has 1 aromatic heterocycles. The number of rotatable bonds is 4. The standard InChI is InChI=1S/C17H28N4O.ClH/c1-12(13-6-4-3-5-7-13)20-17(22)16-10-18-9-15(16)14-8-19-21(2)11-14;/h8,11-13,15-16,18H,3-7,9-10H2,1-2H3,(H,20,22);1H/t12?,15-,16+;/m1./s1. The highest BCUT2D eigenvalue weighted by Gasteiger charge is 2.35. The van der Waals surface area contributed by atoms with E-state index in [1.165, 1.54) is 32.1 Å². The van der Waals surface area contributed by atoms with Crippen LogP contribution in [0.15, 0.2) is 12.4 Å². The van der Waals surface area contributed by atoms with E-state index in [0.29, 0.717) is 12.0 Å². The third-order valence-electron chi connectivity index (χ3n) is 5.43. The fourth-order valence-corrected chi connectivity index (χ4v) is 4.02. The summed E-state index contributed by atoms with van der Waals surface area (Å²) in [5.41, 5.74) is 1.16. The number of nitrogens with zero attached hydrogens (tertiary/aromatic N) is 2. The van der Waals surface area contributed by atoms with E-state index in [9.17, 15) is 4.79 Å². The molecule has 1 saturated heterocycles. The van der Waals surface area contributed by atoms with Crippen LogP contribution >= 0.6 is 12.4 Å². The highest BCUT2D eigenvalue weighted by atomic mass is 35.5. The molecule has 6 heteroatoms. The Balaban J connectivity index is 0.00000192. The molecule has 1 saturated carbocycles. The zero-order chi connectivity index (χ0) is 15.5. The molecule has 0 bridgehead atoms. The molecular weight excluding hydrogens is 312 g/mol. The molecule has 130 valence electrons. The van der Waals surface area contributed by atoms with Crippen molar-refractivity contribution in [2.45, 2.75) is 51.0 Å². The Labute approximate surface area is 145 Å². The monoisotopic (exact) mass is 340 g/mol. The summed E-state index contributed by atoms with van der Waals surface area (Å²) in [6.07, 6.45) is 10.4. The second-order valence-electron chi connectivity index (χ2n) is 7.01. The summed E-state index contributed by atoms with van der Waals surface area (Å²) in [5.74, 6) is 1.13. The molecule has 2 aliphatic rings. The lowest BCUT2D eigenvalue weighted by atomic mass is 9.84. The van der Waals surface area contributed by atoms with Crippen LogP contribution < -0.4 is 10.6 Å². The van der Waals surface area contributed by atoms with Gasteiger partial charge in [0.25, 0.3) is 0 Å². The number of aryl methyl sites for hydroxylation is 1. The van der Waals surface area contributed by atoms with Crippen LogP contribution in [0, 0.1) is 11.8 Å². The fraction of sp³-hybridized carbons (Fsp3) is 0.765.